The van der Waals surface area contributed by atoms with E-state index < -0.39 is 0 Å². The summed E-state index contributed by atoms with van der Waals surface area (Å²) in [6, 6.07) is 0.447. The van der Waals surface area contributed by atoms with Crippen LogP contribution in [-0.2, 0) is 4.79 Å². The van der Waals surface area contributed by atoms with Gasteiger partial charge in [-0.1, -0.05) is 15.7 Å². The third-order valence-electron chi connectivity index (χ3n) is 1.80. The first kappa shape index (κ1) is 10.5. The van der Waals surface area contributed by atoms with Crippen LogP contribution in [0.1, 0.15) is 19.8 Å². The first-order chi connectivity index (χ1) is 5.83. The van der Waals surface area contributed by atoms with E-state index in [2.05, 4.69) is 12.0 Å². The average Bonchev–Trinajstić information content (AvgIpc) is 2.26. The van der Waals surface area contributed by atoms with E-state index in [4.69, 9.17) is 0 Å². The van der Waals surface area contributed by atoms with Crippen LogP contribution in [0, 0.1) is 0 Å². The Hall–Kier alpha value is 0.410. The largest absolute Gasteiger partial charge is 0.300 e. The quantitative estimate of drug-likeness (QED) is 0.710. The number of hydrogen-bond acceptors (Lipinski definition) is 3. The highest BCUT2D eigenvalue weighted by Gasteiger charge is 2.16. The zero-order valence-corrected chi connectivity index (χ0v) is 9.25. The maximum absolute atomic E-state index is 11.2. The molecule has 1 heterocycles. The first-order valence-corrected chi connectivity index (χ1v) is 6.77. The molecule has 1 N–H and O–H groups in total. The van der Waals surface area contributed by atoms with Crippen molar-refractivity contribution in [3.63, 3.8) is 0 Å². The SMILES string of the molecule is CCPNC1CSCCC(=O)C1. The summed E-state index contributed by atoms with van der Waals surface area (Å²) in [5.74, 6) is 2.56. The number of nitrogens with one attached hydrogen (secondary N) is 1. The topological polar surface area (TPSA) is 29.1 Å². The maximum atomic E-state index is 11.2. The molecule has 0 radical (unpaired) electrons. The lowest BCUT2D eigenvalue weighted by molar-refractivity contribution is -0.118. The molecular formula is C8H16NOPS. The molecule has 2 nitrogen and oxygen atoms in total. The van der Waals surface area contributed by atoms with E-state index in [0.29, 0.717) is 11.8 Å². The second-order valence-electron chi connectivity index (χ2n) is 2.94. The van der Waals surface area contributed by atoms with Gasteiger partial charge in [0.2, 0.25) is 0 Å². The molecule has 12 heavy (non-hydrogen) atoms. The smallest absolute Gasteiger partial charge is 0.135 e. The molecule has 1 rings (SSSR count). The van der Waals surface area contributed by atoms with Crippen LogP contribution < -0.4 is 5.09 Å². The van der Waals surface area contributed by atoms with Crippen molar-refractivity contribution in [2.75, 3.05) is 17.7 Å². The van der Waals surface area contributed by atoms with Crippen molar-refractivity contribution in [3.05, 3.63) is 0 Å². The molecule has 1 fully saturated rings. The fourth-order valence-corrected chi connectivity index (χ4v) is 3.06. The van der Waals surface area contributed by atoms with Gasteiger partial charge in [-0.05, 0) is 6.16 Å². The maximum Gasteiger partial charge on any atom is 0.135 e. The standard InChI is InChI=1S/C8H16NOPS/c1-2-11-9-7-5-8(10)3-4-12-6-7/h7,9,11H,2-6H2,1H3. The molecule has 70 valence electrons. The highest BCUT2D eigenvalue weighted by Crippen LogP contribution is 2.17. The molecule has 4 heteroatoms. The zero-order valence-electron chi connectivity index (χ0n) is 7.43. The van der Waals surface area contributed by atoms with Crippen molar-refractivity contribution in [1.29, 1.82) is 0 Å². The molecule has 1 saturated heterocycles. The van der Waals surface area contributed by atoms with Crippen LogP contribution in [0.3, 0.4) is 0 Å². The predicted molar refractivity (Wildman–Crippen MR) is 57.3 cm³/mol. The van der Waals surface area contributed by atoms with Gasteiger partial charge in [-0.2, -0.15) is 11.8 Å². The van der Waals surface area contributed by atoms with Crippen molar-refractivity contribution >= 4 is 26.3 Å². The Balaban J connectivity index is 2.26. The molecule has 0 amide bonds. The van der Waals surface area contributed by atoms with Crippen LogP contribution in [0.2, 0.25) is 0 Å². The number of thioether (sulfide) groups is 1. The lowest BCUT2D eigenvalue weighted by Crippen LogP contribution is -2.26. The summed E-state index contributed by atoms with van der Waals surface area (Å²) in [6.45, 7) is 2.16. The Morgan fingerprint density at radius 2 is 2.58 bits per heavy atom. The summed E-state index contributed by atoms with van der Waals surface area (Å²) in [6.07, 6.45) is 2.70. The third kappa shape index (κ3) is 3.88. The summed E-state index contributed by atoms with van der Waals surface area (Å²) in [5, 5.41) is 3.43. The molecule has 0 aromatic heterocycles. The fraction of sp³-hybridized carbons (Fsp3) is 0.875. The van der Waals surface area contributed by atoms with Gasteiger partial charge >= 0.3 is 0 Å². The van der Waals surface area contributed by atoms with Gasteiger partial charge in [-0.15, -0.1) is 0 Å². The molecule has 0 bridgehead atoms. The van der Waals surface area contributed by atoms with Gasteiger partial charge in [-0.25, -0.2) is 0 Å². The van der Waals surface area contributed by atoms with Crippen LogP contribution in [-0.4, -0.2) is 29.5 Å². The lowest BCUT2D eigenvalue weighted by Gasteiger charge is -2.13. The van der Waals surface area contributed by atoms with E-state index in [1.165, 1.54) is 6.16 Å². The molecule has 0 aromatic carbocycles. The number of Topliss-reactive ketones (excluding diaryl/α,β-unsaturated/α-hetero) is 1. The van der Waals surface area contributed by atoms with Crippen molar-refractivity contribution in [2.24, 2.45) is 0 Å². The minimum Gasteiger partial charge on any atom is -0.300 e. The Morgan fingerprint density at radius 3 is 3.33 bits per heavy atom. The van der Waals surface area contributed by atoms with E-state index in [1.807, 2.05) is 11.8 Å². The molecular weight excluding hydrogens is 189 g/mol. The first-order valence-electron chi connectivity index (χ1n) is 4.40. The molecule has 0 saturated carbocycles. The molecule has 2 atom stereocenters. The van der Waals surface area contributed by atoms with Crippen LogP contribution in [0.25, 0.3) is 0 Å². The number of carbonyl (C=O) groups excluding carboxylic acids is 1. The van der Waals surface area contributed by atoms with Gasteiger partial charge in [0.05, 0.1) is 0 Å². The summed E-state index contributed by atoms with van der Waals surface area (Å²) in [5.41, 5.74) is 0. The van der Waals surface area contributed by atoms with Gasteiger partial charge in [0, 0.05) is 30.4 Å². The Morgan fingerprint density at radius 1 is 1.75 bits per heavy atom. The van der Waals surface area contributed by atoms with Crippen LogP contribution >= 0.6 is 20.5 Å². The number of rotatable bonds is 3. The predicted octanol–water partition coefficient (Wildman–Crippen LogP) is 1.65. The van der Waals surface area contributed by atoms with Crippen molar-refractivity contribution < 1.29 is 4.79 Å². The molecule has 2 unspecified atom stereocenters. The fourth-order valence-electron chi connectivity index (χ4n) is 1.19. The summed E-state index contributed by atoms with van der Waals surface area (Å²) < 4.78 is 0. The molecule has 1 aliphatic rings. The summed E-state index contributed by atoms with van der Waals surface area (Å²) >= 11 is 1.90. The summed E-state index contributed by atoms with van der Waals surface area (Å²) in [7, 11) is 0.817. The van der Waals surface area contributed by atoms with Gasteiger partial charge in [0.1, 0.15) is 5.78 Å². The van der Waals surface area contributed by atoms with E-state index >= 15 is 0 Å². The van der Waals surface area contributed by atoms with Gasteiger partial charge in [0.15, 0.2) is 0 Å². The monoisotopic (exact) mass is 205 g/mol. The highest BCUT2D eigenvalue weighted by atomic mass is 32.2. The lowest BCUT2D eigenvalue weighted by atomic mass is 10.1. The molecule has 0 aliphatic carbocycles. The second kappa shape index (κ2) is 5.95. The normalized spacial score (nSPS) is 26.4. The van der Waals surface area contributed by atoms with Crippen LogP contribution in [0.15, 0.2) is 0 Å². The number of hydrogen-bond donors (Lipinski definition) is 1. The van der Waals surface area contributed by atoms with E-state index in [-0.39, 0.29) is 0 Å². The average molecular weight is 205 g/mol. The van der Waals surface area contributed by atoms with Gasteiger partial charge in [-0.3, -0.25) is 9.88 Å². The van der Waals surface area contributed by atoms with E-state index in [0.717, 1.165) is 33.1 Å². The third-order valence-corrected chi connectivity index (χ3v) is 3.90. The van der Waals surface area contributed by atoms with Gasteiger partial charge in [0.25, 0.3) is 0 Å². The molecule has 1 aliphatic heterocycles. The summed E-state index contributed by atoms with van der Waals surface area (Å²) in [4.78, 5) is 11.2. The zero-order chi connectivity index (χ0) is 8.81. The Labute approximate surface area is 80.1 Å². The number of ketones is 1. The Bertz CT molecular complexity index is 154. The highest BCUT2D eigenvalue weighted by molar-refractivity contribution is 7.99. The molecule has 0 spiro atoms. The van der Waals surface area contributed by atoms with Crippen molar-refractivity contribution in [3.8, 4) is 0 Å². The van der Waals surface area contributed by atoms with Crippen molar-refractivity contribution in [1.82, 2.24) is 5.09 Å². The van der Waals surface area contributed by atoms with Gasteiger partial charge < -0.3 is 0 Å². The van der Waals surface area contributed by atoms with E-state index in [9.17, 15) is 4.79 Å². The second-order valence-corrected chi connectivity index (χ2v) is 5.44. The number of carbonyl (C=O) groups is 1. The van der Waals surface area contributed by atoms with Crippen molar-refractivity contribution in [2.45, 2.75) is 25.8 Å². The Kier molecular flexibility index (Phi) is 5.21. The van der Waals surface area contributed by atoms with E-state index in [1.54, 1.807) is 0 Å². The minimum absolute atomic E-state index is 0.429. The minimum atomic E-state index is 0.429. The van der Waals surface area contributed by atoms with Crippen LogP contribution in [0.5, 0.6) is 0 Å². The molecule has 0 aromatic rings. The van der Waals surface area contributed by atoms with Crippen LogP contribution in [0.4, 0.5) is 0 Å².